The van der Waals surface area contributed by atoms with Crippen molar-refractivity contribution in [1.29, 1.82) is 0 Å². The summed E-state index contributed by atoms with van der Waals surface area (Å²) in [5.74, 6) is -0.0760. The molecule has 2 aliphatic heterocycles. The quantitative estimate of drug-likeness (QED) is 0.750. The molecule has 2 aromatic carbocycles. The number of halogens is 2. The summed E-state index contributed by atoms with van der Waals surface area (Å²) in [5.41, 5.74) is 2.79. The van der Waals surface area contributed by atoms with Gasteiger partial charge in [-0.2, -0.15) is 0 Å². The summed E-state index contributed by atoms with van der Waals surface area (Å²) in [6.45, 7) is 2.66. The first kappa shape index (κ1) is 17.5. The third kappa shape index (κ3) is 3.50. The predicted molar refractivity (Wildman–Crippen MR) is 107 cm³/mol. The Morgan fingerprint density at radius 2 is 1.65 bits per heavy atom. The van der Waals surface area contributed by atoms with Crippen LogP contribution in [0.1, 0.15) is 24.8 Å². The minimum absolute atomic E-state index is 0.0760. The van der Waals surface area contributed by atoms with Crippen molar-refractivity contribution in [1.82, 2.24) is 4.90 Å². The van der Waals surface area contributed by atoms with Gasteiger partial charge >= 0.3 is 0 Å². The van der Waals surface area contributed by atoms with Crippen LogP contribution in [-0.2, 0) is 4.79 Å². The van der Waals surface area contributed by atoms with Crippen molar-refractivity contribution in [3.63, 3.8) is 0 Å². The number of aliphatic imine (C=N–C) groups is 1. The third-order valence-corrected chi connectivity index (χ3v) is 5.21. The molecule has 6 heteroatoms. The van der Waals surface area contributed by atoms with Crippen molar-refractivity contribution >= 4 is 46.2 Å². The number of para-hydroxylation sites is 1. The molecule has 0 aromatic heterocycles. The molecule has 0 saturated carbocycles. The van der Waals surface area contributed by atoms with E-state index < -0.39 is 0 Å². The highest BCUT2D eigenvalue weighted by Gasteiger charge is 2.34. The minimum atomic E-state index is -0.0760. The first-order chi connectivity index (χ1) is 12.6. The SMILES string of the molecule is O=C1C(=Nc2cc(Cl)cc(Cl)c2)c2ccccc2N1CN1CCCCC1. The summed E-state index contributed by atoms with van der Waals surface area (Å²) in [4.78, 5) is 21.9. The second-order valence-corrected chi connectivity index (χ2v) is 7.53. The van der Waals surface area contributed by atoms with Gasteiger partial charge in [0.1, 0.15) is 5.71 Å². The van der Waals surface area contributed by atoms with Crippen LogP contribution in [0.2, 0.25) is 10.0 Å². The number of nitrogens with zero attached hydrogens (tertiary/aromatic N) is 3. The molecule has 26 heavy (non-hydrogen) atoms. The fraction of sp³-hybridized carbons (Fsp3) is 0.300. The molecular weight excluding hydrogens is 369 g/mol. The van der Waals surface area contributed by atoms with E-state index in [1.54, 1.807) is 18.2 Å². The number of carbonyl (C=O) groups is 1. The molecule has 2 heterocycles. The monoisotopic (exact) mass is 387 g/mol. The molecule has 0 atom stereocenters. The van der Waals surface area contributed by atoms with Crippen LogP contribution in [0.25, 0.3) is 0 Å². The minimum Gasteiger partial charge on any atom is -0.293 e. The van der Waals surface area contributed by atoms with Gasteiger partial charge in [0.05, 0.1) is 18.0 Å². The smallest absolute Gasteiger partial charge is 0.278 e. The molecule has 4 nitrogen and oxygen atoms in total. The van der Waals surface area contributed by atoms with Crippen LogP contribution in [0, 0.1) is 0 Å². The number of hydrogen-bond acceptors (Lipinski definition) is 3. The number of piperidine rings is 1. The van der Waals surface area contributed by atoms with Crippen LogP contribution in [0.5, 0.6) is 0 Å². The second-order valence-electron chi connectivity index (χ2n) is 6.66. The van der Waals surface area contributed by atoms with Gasteiger partial charge in [0.15, 0.2) is 0 Å². The van der Waals surface area contributed by atoms with E-state index in [0.717, 1.165) is 24.3 Å². The van der Waals surface area contributed by atoms with E-state index in [1.165, 1.54) is 19.3 Å². The Kier molecular flexibility index (Phi) is 4.98. The van der Waals surface area contributed by atoms with Crippen molar-refractivity contribution in [3.8, 4) is 0 Å². The maximum atomic E-state index is 13.1. The Morgan fingerprint density at radius 1 is 0.962 bits per heavy atom. The summed E-state index contributed by atoms with van der Waals surface area (Å²) in [5, 5.41) is 1.00. The zero-order chi connectivity index (χ0) is 18.1. The van der Waals surface area contributed by atoms with Gasteiger partial charge in [-0.3, -0.25) is 14.6 Å². The number of rotatable bonds is 3. The molecule has 1 amide bonds. The van der Waals surface area contributed by atoms with E-state index in [-0.39, 0.29) is 5.91 Å². The Labute approximate surface area is 163 Å². The molecule has 0 aliphatic carbocycles. The molecule has 0 bridgehead atoms. The maximum absolute atomic E-state index is 13.1. The Morgan fingerprint density at radius 3 is 2.38 bits per heavy atom. The molecule has 1 fully saturated rings. The highest BCUT2D eigenvalue weighted by Crippen LogP contribution is 2.32. The fourth-order valence-corrected chi connectivity index (χ4v) is 4.06. The molecule has 0 radical (unpaired) electrons. The van der Waals surface area contributed by atoms with Gasteiger partial charge in [0.2, 0.25) is 0 Å². The van der Waals surface area contributed by atoms with Crippen LogP contribution in [0.4, 0.5) is 11.4 Å². The van der Waals surface area contributed by atoms with Crippen LogP contribution >= 0.6 is 23.2 Å². The highest BCUT2D eigenvalue weighted by molar-refractivity contribution is 6.54. The number of fused-ring (bicyclic) bond motifs is 1. The summed E-state index contributed by atoms with van der Waals surface area (Å²) in [6, 6.07) is 12.9. The lowest BCUT2D eigenvalue weighted by Crippen LogP contribution is -2.43. The molecule has 1 saturated heterocycles. The molecule has 2 aliphatic rings. The van der Waals surface area contributed by atoms with Gasteiger partial charge in [-0.1, -0.05) is 47.8 Å². The number of likely N-dealkylation sites (tertiary alicyclic amines) is 1. The van der Waals surface area contributed by atoms with E-state index in [1.807, 2.05) is 29.2 Å². The lowest BCUT2D eigenvalue weighted by molar-refractivity contribution is -0.112. The first-order valence-corrected chi connectivity index (χ1v) is 9.56. The van der Waals surface area contributed by atoms with E-state index in [2.05, 4.69) is 9.89 Å². The molecular formula is C20H19Cl2N3O. The summed E-state index contributed by atoms with van der Waals surface area (Å²) >= 11 is 12.1. The first-order valence-electron chi connectivity index (χ1n) is 8.80. The van der Waals surface area contributed by atoms with Crippen molar-refractivity contribution in [2.24, 2.45) is 4.99 Å². The molecule has 0 N–H and O–H groups in total. The van der Waals surface area contributed by atoms with Gasteiger partial charge in [0.25, 0.3) is 5.91 Å². The maximum Gasteiger partial charge on any atom is 0.278 e. The van der Waals surface area contributed by atoms with Crippen molar-refractivity contribution in [2.45, 2.75) is 19.3 Å². The Bertz CT molecular complexity index is 855. The largest absolute Gasteiger partial charge is 0.293 e. The normalized spacial score (nSPS) is 19.2. The van der Waals surface area contributed by atoms with Crippen molar-refractivity contribution in [2.75, 3.05) is 24.7 Å². The van der Waals surface area contributed by atoms with Crippen LogP contribution in [-0.4, -0.2) is 36.3 Å². The number of benzene rings is 2. The molecule has 134 valence electrons. The summed E-state index contributed by atoms with van der Waals surface area (Å²) < 4.78 is 0. The lowest BCUT2D eigenvalue weighted by atomic mass is 10.1. The molecule has 0 spiro atoms. The van der Waals surface area contributed by atoms with Gasteiger partial charge < -0.3 is 0 Å². The fourth-order valence-electron chi connectivity index (χ4n) is 3.54. The lowest BCUT2D eigenvalue weighted by Gasteiger charge is -2.30. The average Bonchev–Trinajstić information content (AvgIpc) is 2.88. The van der Waals surface area contributed by atoms with Crippen LogP contribution in [0.3, 0.4) is 0 Å². The van der Waals surface area contributed by atoms with Gasteiger partial charge in [-0.05, 0) is 50.2 Å². The van der Waals surface area contributed by atoms with E-state index in [4.69, 9.17) is 23.2 Å². The van der Waals surface area contributed by atoms with Gasteiger partial charge in [-0.25, -0.2) is 4.99 Å². The Balaban J connectivity index is 1.69. The van der Waals surface area contributed by atoms with E-state index in [0.29, 0.717) is 28.1 Å². The van der Waals surface area contributed by atoms with E-state index in [9.17, 15) is 4.79 Å². The summed E-state index contributed by atoms with van der Waals surface area (Å²) in [7, 11) is 0. The standard InChI is InChI=1S/C20H19Cl2N3O/c21-14-10-15(22)12-16(11-14)23-19-17-6-2-3-7-18(17)25(20(19)26)13-24-8-4-1-5-9-24/h2-3,6-7,10-12H,1,4-5,8-9,13H2. The molecule has 4 rings (SSSR count). The number of hydrogen-bond donors (Lipinski definition) is 0. The zero-order valence-electron chi connectivity index (χ0n) is 14.3. The highest BCUT2D eigenvalue weighted by atomic mass is 35.5. The van der Waals surface area contributed by atoms with Gasteiger partial charge in [0, 0.05) is 15.6 Å². The van der Waals surface area contributed by atoms with Gasteiger partial charge in [-0.15, -0.1) is 0 Å². The number of carbonyl (C=O) groups excluding carboxylic acids is 1. The predicted octanol–water partition coefficient (Wildman–Crippen LogP) is 4.90. The average molecular weight is 388 g/mol. The number of amides is 1. The molecule has 2 aromatic rings. The van der Waals surface area contributed by atoms with E-state index >= 15 is 0 Å². The van der Waals surface area contributed by atoms with Crippen LogP contribution < -0.4 is 4.90 Å². The van der Waals surface area contributed by atoms with Crippen LogP contribution in [0.15, 0.2) is 47.5 Å². The Hall–Kier alpha value is -1.88. The molecule has 0 unspecified atom stereocenters. The van der Waals surface area contributed by atoms with Crippen molar-refractivity contribution < 1.29 is 4.79 Å². The topological polar surface area (TPSA) is 35.9 Å². The summed E-state index contributed by atoms with van der Waals surface area (Å²) in [6.07, 6.45) is 3.64. The zero-order valence-corrected chi connectivity index (χ0v) is 15.8. The van der Waals surface area contributed by atoms with Crippen molar-refractivity contribution in [3.05, 3.63) is 58.1 Å². The third-order valence-electron chi connectivity index (χ3n) is 4.78. The number of anilines is 1. The second kappa shape index (κ2) is 7.39.